The lowest BCUT2D eigenvalue weighted by Crippen LogP contribution is -2.11. The molecule has 2 aromatic heterocycles. The van der Waals surface area contributed by atoms with E-state index in [1.807, 2.05) is 24.3 Å². The van der Waals surface area contributed by atoms with E-state index in [2.05, 4.69) is 15.6 Å². The number of aromatic nitrogens is 1. The van der Waals surface area contributed by atoms with Crippen molar-refractivity contribution in [3.8, 4) is 0 Å². The summed E-state index contributed by atoms with van der Waals surface area (Å²) in [6.45, 7) is 0. The van der Waals surface area contributed by atoms with Crippen LogP contribution in [-0.4, -0.2) is 10.9 Å². The van der Waals surface area contributed by atoms with E-state index >= 15 is 0 Å². The third kappa shape index (κ3) is 3.45. The number of rotatable bonds is 4. The van der Waals surface area contributed by atoms with Gasteiger partial charge in [0.05, 0.1) is 18.1 Å². The Labute approximate surface area is 131 Å². The SMILES string of the molecule is O=C(Nc1ccc(Nc2cccc(Cl)c2)cn1)c1ccco1. The van der Waals surface area contributed by atoms with Crippen LogP contribution in [0, 0.1) is 0 Å². The van der Waals surface area contributed by atoms with Crippen molar-refractivity contribution in [2.45, 2.75) is 0 Å². The molecule has 0 aliphatic heterocycles. The lowest BCUT2D eigenvalue weighted by atomic mass is 10.3. The Morgan fingerprint density at radius 3 is 2.68 bits per heavy atom. The number of nitrogens with one attached hydrogen (secondary N) is 2. The van der Waals surface area contributed by atoms with Crippen molar-refractivity contribution in [1.82, 2.24) is 4.98 Å². The van der Waals surface area contributed by atoms with Crippen LogP contribution in [-0.2, 0) is 0 Å². The molecule has 0 radical (unpaired) electrons. The smallest absolute Gasteiger partial charge is 0.292 e. The highest BCUT2D eigenvalue weighted by Gasteiger charge is 2.09. The molecule has 0 saturated carbocycles. The second-order valence-corrected chi connectivity index (χ2v) is 4.94. The van der Waals surface area contributed by atoms with Crippen LogP contribution < -0.4 is 10.6 Å². The number of benzene rings is 1. The number of nitrogens with zero attached hydrogens (tertiary/aromatic N) is 1. The molecule has 0 fully saturated rings. The Hall–Kier alpha value is -2.79. The molecule has 110 valence electrons. The minimum Gasteiger partial charge on any atom is -0.459 e. The highest BCUT2D eigenvalue weighted by Crippen LogP contribution is 2.20. The van der Waals surface area contributed by atoms with Gasteiger partial charge >= 0.3 is 0 Å². The fourth-order valence-corrected chi connectivity index (χ4v) is 2.05. The molecule has 0 saturated heterocycles. The number of carbonyl (C=O) groups excluding carboxylic acids is 1. The molecule has 1 amide bonds. The third-order valence-electron chi connectivity index (χ3n) is 2.86. The molecular weight excluding hydrogens is 302 g/mol. The summed E-state index contributed by atoms with van der Waals surface area (Å²) < 4.78 is 5.02. The van der Waals surface area contributed by atoms with E-state index in [0.717, 1.165) is 11.4 Å². The monoisotopic (exact) mass is 313 g/mol. The van der Waals surface area contributed by atoms with Crippen LogP contribution in [0.3, 0.4) is 0 Å². The number of halogens is 1. The molecule has 2 N–H and O–H groups in total. The first-order valence-electron chi connectivity index (χ1n) is 6.54. The van der Waals surface area contributed by atoms with Gasteiger partial charge in [0.2, 0.25) is 0 Å². The summed E-state index contributed by atoms with van der Waals surface area (Å²) in [6, 6.07) is 14.1. The highest BCUT2D eigenvalue weighted by molar-refractivity contribution is 6.30. The Morgan fingerprint density at radius 2 is 2.00 bits per heavy atom. The van der Waals surface area contributed by atoms with Crippen LogP contribution in [0.15, 0.2) is 65.4 Å². The average Bonchev–Trinajstić information content (AvgIpc) is 3.04. The molecule has 22 heavy (non-hydrogen) atoms. The van der Waals surface area contributed by atoms with E-state index < -0.39 is 0 Å². The number of anilines is 3. The molecule has 3 rings (SSSR count). The van der Waals surface area contributed by atoms with Crippen molar-refractivity contribution in [1.29, 1.82) is 0 Å². The van der Waals surface area contributed by atoms with Crippen molar-refractivity contribution in [2.24, 2.45) is 0 Å². The number of carbonyl (C=O) groups is 1. The largest absolute Gasteiger partial charge is 0.459 e. The van der Waals surface area contributed by atoms with Crippen molar-refractivity contribution in [2.75, 3.05) is 10.6 Å². The van der Waals surface area contributed by atoms with Crippen LogP contribution >= 0.6 is 11.6 Å². The predicted octanol–water partition coefficient (Wildman–Crippen LogP) is 4.32. The number of pyridine rings is 1. The van der Waals surface area contributed by atoms with Crippen LogP contribution in [0.25, 0.3) is 0 Å². The summed E-state index contributed by atoms with van der Waals surface area (Å²) >= 11 is 5.93. The lowest BCUT2D eigenvalue weighted by Gasteiger charge is -2.07. The van der Waals surface area contributed by atoms with Crippen molar-refractivity contribution >= 4 is 34.7 Å². The highest BCUT2D eigenvalue weighted by atomic mass is 35.5. The lowest BCUT2D eigenvalue weighted by molar-refractivity contribution is 0.0996. The van der Waals surface area contributed by atoms with Crippen molar-refractivity contribution < 1.29 is 9.21 Å². The molecule has 0 spiro atoms. The maximum absolute atomic E-state index is 11.8. The van der Waals surface area contributed by atoms with E-state index in [0.29, 0.717) is 10.8 Å². The molecule has 5 nitrogen and oxygen atoms in total. The zero-order valence-corrected chi connectivity index (χ0v) is 12.2. The molecule has 6 heteroatoms. The quantitative estimate of drug-likeness (QED) is 0.752. The Morgan fingerprint density at radius 1 is 1.09 bits per heavy atom. The van der Waals surface area contributed by atoms with E-state index in [1.165, 1.54) is 6.26 Å². The standard InChI is InChI=1S/C16H12ClN3O2/c17-11-3-1-4-12(9-11)19-13-6-7-15(18-10-13)20-16(21)14-5-2-8-22-14/h1-10,19H,(H,18,20,21). The van der Waals surface area contributed by atoms with E-state index in [9.17, 15) is 4.79 Å². The molecule has 3 aromatic rings. The zero-order chi connectivity index (χ0) is 15.4. The number of amides is 1. The van der Waals surface area contributed by atoms with E-state index in [4.69, 9.17) is 16.0 Å². The van der Waals surface area contributed by atoms with Gasteiger partial charge in [-0.3, -0.25) is 4.79 Å². The molecule has 0 unspecified atom stereocenters. The van der Waals surface area contributed by atoms with Gasteiger partial charge in [-0.15, -0.1) is 0 Å². The van der Waals surface area contributed by atoms with Gasteiger partial charge in [0, 0.05) is 10.7 Å². The van der Waals surface area contributed by atoms with Gasteiger partial charge in [-0.1, -0.05) is 17.7 Å². The molecule has 0 atom stereocenters. The summed E-state index contributed by atoms with van der Waals surface area (Å²) in [6.07, 6.45) is 3.07. The van der Waals surface area contributed by atoms with Crippen LogP contribution in [0.5, 0.6) is 0 Å². The van der Waals surface area contributed by atoms with Crippen LogP contribution in [0.4, 0.5) is 17.2 Å². The maximum Gasteiger partial charge on any atom is 0.292 e. The fraction of sp³-hybridized carbons (Fsp3) is 0. The first-order valence-corrected chi connectivity index (χ1v) is 6.92. The van der Waals surface area contributed by atoms with Crippen molar-refractivity contribution in [3.63, 3.8) is 0 Å². The number of hydrogen-bond donors (Lipinski definition) is 2. The molecule has 1 aromatic carbocycles. The number of hydrogen-bond acceptors (Lipinski definition) is 4. The zero-order valence-electron chi connectivity index (χ0n) is 11.4. The second-order valence-electron chi connectivity index (χ2n) is 4.50. The summed E-state index contributed by atoms with van der Waals surface area (Å²) in [5, 5.41) is 6.48. The minimum atomic E-state index is -0.340. The van der Waals surface area contributed by atoms with E-state index in [1.54, 1.807) is 30.5 Å². The summed E-state index contributed by atoms with van der Waals surface area (Å²) in [4.78, 5) is 16.0. The van der Waals surface area contributed by atoms with Gasteiger partial charge in [0.15, 0.2) is 5.76 Å². The summed E-state index contributed by atoms with van der Waals surface area (Å²) in [5.41, 5.74) is 1.65. The first kappa shape index (κ1) is 14.2. The molecule has 0 aliphatic rings. The van der Waals surface area contributed by atoms with Gasteiger partial charge in [0.25, 0.3) is 5.91 Å². The van der Waals surface area contributed by atoms with Crippen LogP contribution in [0.2, 0.25) is 5.02 Å². The van der Waals surface area contributed by atoms with E-state index in [-0.39, 0.29) is 11.7 Å². The molecular formula is C16H12ClN3O2. The topological polar surface area (TPSA) is 67.2 Å². The van der Waals surface area contributed by atoms with Crippen molar-refractivity contribution in [3.05, 3.63) is 71.8 Å². The normalized spacial score (nSPS) is 10.2. The molecule has 0 bridgehead atoms. The van der Waals surface area contributed by atoms with Crippen LogP contribution in [0.1, 0.15) is 10.6 Å². The maximum atomic E-state index is 11.8. The van der Waals surface area contributed by atoms with Gasteiger partial charge in [-0.05, 0) is 42.5 Å². The predicted molar refractivity (Wildman–Crippen MR) is 85.6 cm³/mol. The van der Waals surface area contributed by atoms with Gasteiger partial charge in [-0.25, -0.2) is 4.98 Å². The summed E-state index contributed by atoms with van der Waals surface area (Å²) in [7, 11) is 0. The van der Waals surface area contributed by atoms with Gasteiger partial charge < -0.3 is 15.1 Å². The average molecular weight is 314 g/mol. The Kier molecular flexibility index (Phi) is 4.07. The Bertz CT molecular complexity index is 770. The van der Waals surface area contributed by atoms with Gasteiger partial charge in [0.1, 0.15) is 5.82 Å². The first-order chi connectivity index (χ1) is 10.7. The summed E-state index contributed by atoms with van der Waals surface area (Å²) in [5.74, 6) is 0.342. The second kappa shape index (κ2) is 6.32. The number of furan rings is 1. The minimum absolute atomic E-state index is 0.239. The Balaban J connectivity index is 1.66. The molecule has 2 heterocycles. The molecule has 0 aliphatic carbocycles. The van der Waals surface area contributed by atoms with Gasteiger partial charge in [-0.2, -0.15) is 0 Å². The third-order valence-corrected chi connectivity index (χ3v) is 3.10. The fourth-order valence-electron chi connectivity index (χ4n) is 1.86.